The van der Waals surface area contributed by atoms with E-state index in [1.807, 2.05) is 0 Å². The Morgan fingerprint density at radius 1 is 1.22 bits per heavy atom. The molecule has 1 atom stereocenters. The molecule has 1 unspecified atom stereocenters. The van der Waals surface area contributed by atoms with E-state index in [0.29, 0.717) is 17.7 Å². The van der Waals surface area contributed by atoms with Crippen molar-refractivity contribution in [2.75, 3.05) is 12.3 Å². The van der Waals surface area contributed by atoms with Crippen molar-refractivity contribution in [3.05, 3.63) is 0 Å². The Balaban J connectivity index is 2.58. The minimum atomic E-state index is -2.90. The fourth-order valence-corrected chi connectivity index (χ4v) is 3.49. The number of sulfone groups is 1. The topological polar surface area (TPSA) is 46.2 Å². The third-order valence-corrected chi connectivity index (χ3v) is 6.36. The maximum absolute atomic E-state index is 11.9. The van der Waals surface area contributed by atoms with Crippen molar-refractivity contribution in [3.63, 3.8) is 0 Å². The first-order valence-electron chi connectivity index (χ1n) is 7.12. The van der Waals surface area contributed by atoms with Crippen LogP contribution in [0, 0.1) is 11.3 Å². The smallest absolute Gasteiger partial charge is 0.152 e. The summed E-state index contributed by atoms with van der Waals surface area (Å²) < 4.78 is 23.9. The Morgan fingerprint density at radius 3 is 2.17 bits per heavy atom. The summed E-state index contributed by atoms with van der Waals surface area (Å²) in [7, 11) is -2.90. The van der Waals surface area contributed by atoms with Gasteiger partial charge < -0.3 is 5.32 Å². The van der Waals surface area contributed by atoms with Crippen molar-refractivity contribution in [2.24, 2.45) is 11.3 Å². The van der Waals surface area contributed by atoms with Gasteiger partial charge >= 0.3 is 0 Å². The average Bonchev–Trinajstić information content (AvgIpc) is 3.07. The van der Waals surface area contributed by atoms with Crippen molar-refractivity contribution in [1.82, 2.24) is 5.32 Å². The normalized spacial score (nSPS) is 20.4. The Labute approximate surface area is 113 Å². The molecule has 0 spiro atoms. The van der Waals surface area contributed by atoms with Gasteiger partial charge in [0.05, 0.1) is 11.0 Å². The van der Waals surface area contributed by atoms with Crippen molar-refractivity contribution >= 4 is 9.84 Å². The zero-order chi connectivity index (χ0) is 14.0. The standard InChI is InChI=1S/C14H29NO2S/c1-11(2)15-10-14(5,13-6-7-13)8-9-18(16,17)12(3)4/h11-13,15H,6-10H2,1-5H3. The molecule has 0 aromatic carbocycles. The number of hydrogen-bond acceptors (Lipinski definition) is 3. The van der Waals surface area contributed by atoms with E-state index in [1.54, 1.807) is 13.8 Å². The lowest BCUT2D eigenvalue weighted by molar-refractivity contribution is 0.241. The summed E-state index contributed by atoms with van der Waals surface area (Å²) in [6.07, 6.45) is 3.31. The van der Waals surface area contributed by atoms with Crippen molar-refractivity contribution in [2.45, 2.75) is 65.2 Å². The molecular formula is C14H29NO2S. The molecule has 3 nitrogen and oxygen atoms in total. The van der Waals surface area contributed by atoms with Crippen molar-refractivity contribution < 1.29 is 8.42 Å². The lowest BCUT2D eigenvalue weighted by Crippen LogP contribution is -2.38. The van der Waals surface area contributed by atoms with Crippen molar-refractivity contribution in [1.29, 1.82) is 0 Å². The van der Waals surface area contributed by atoms with E-state index in [0.717, 1.165) is 13.0 Å². The maximum atomic E-state index is 11.9. The minimum Gasteiger partial charge on any atom is -0.314 e. The summed E-state index contributed by atoms with van der Waals surface area (Å²) in [5.41, 5.74) is 0.145. The molecule has 0 bridgehead atoms. The first-order valence-corrected chi connectivity index (χ1v) is 8.84. The SMILES string of the molecule is CC(C)NCC(C)(CCS(=O)(=O)C(C)C)C1CC1. The average molecular weight is 275 g/mol. The lowest BCUT2D eigenvalue weighted by Gasteiger charge is -2.31. The van der Waals surface area contributed by atoms with Gasteiger partial charge in [-0.1, -0.05) is 20.8 Å². The summed E-state index contributed by atoms with van der Waals surface area (Å²) in [5.74, 6) is 1.04. The predicted octanol–water partition coefficient (Wildman–Crippen LogP) is 2.61. The molecule has 0 aromatic rings. The van der Waals surface area contributed by atoms with Gasteiger partial charge in [0, 0.05) is 12.6 Å². The predicted molar refractivity (Wildman–Crippen MR) is 77.5 cm³/mol. The van der Waals surface area contributed by atoms with Gasteiger partial charge in [0.25, 0.3) is 0 Å². The van der Waals surface area contributed by atoms with Crippen LogP contribution in [-0.2, 0) is 9.84 Å². The Morgan fingerprint density at radius 2 is 1.78 bits per heavy atom. The molecule has 0 amide bonds. The molecule has 4 heteroatoms. The lowest BCUT2D eigenvalue weighted by atomic mass is 9.82. The highest BCUT2D eigenvalue weighted by atomic mass is 32.2. The highest BCUT2D eigenvalue weighted by Crippen LogP contribution is 2.47. The minimum absolute atomic E-state index is 0.145. The van der Waals surface area contributed by atoms with Crippen LogP contribution in [0.15, 0.2) is 0 Å². The number of nitrogens with one attached hydrogen (secondary N) is 1. The van der Waals surface area contributed by atoms with Gasteiger partial charge in [-0.3, -0.25) is 0 Å². The fourth-order valence-electron chi connectivity index (χ4n) is 2.27. The monoisotopic (exact) mass is 275 g/mol. The quantitative estimate of drug-likeness (QED) is 0.740. The fraction of sp³-hybridized carbons (Fsp3) is 1.00. The Hall–Kier alpha value is -0.0900. The molecule has 0 saturated heterocycles. The zero-order valence-corrected chi connectivity index (χ0v) is 13.3. The maximum Gasteiger partial charge on any atom is 0.152 e. The van der Waals surface area contributed by atoms with E-state index >= 15 is 0 Å². The molecule has 1 aliphatic carbocycles. The highest BCUT2D eigenvalue weighted by Gasteiger charge is 2.41. The number of hydrogen-bond donors (Lipinski definition) is 1. The van der Waals surface area contributed by atoms with Crippen LogP contribution in [0.4, 0.5) is 0 Å². The summed E-state index contributed by atoms with van der Waals surface area (Å²) in [4.78, 5) is 0. The van der Waals surface area contributed by atoms with E-state index in [1.165, 1.54) is 12.8 Å². The molecule has 0 heterocycles. The van der Waals surface area contributed by atoms with Crippen molar-refractivity contribution in [3.8, 4) is 0 Å². The molecular weight excluding hydrogens is 246 g/mol. The zero-order valence-electron chi connectivity index (χ0n) is 12.5. The summed E-state index contributed by atoms with van der Waals surface area (Å²) in [6, 6.07) is 0.463. The molecule has 1 fully saturated rings. The van der Waals surface area contributed by atoms with E-state index in [9.17, 15) is 8.42 Å². The van der Waals surface area contributed by atoms with Gasteiger partial charge in [0.1, 0.15) is 0 Å². The second-order valence-electron chi connectivity index (χ2n) is 6.63. The van der Waals surface area contributed by atoms with Gasteiger partial charge in [-0.2, -0.15) is 0 Å². The Bertz CT molecular complexity index is 358. The van der Waals surface area contributed by atoms with Crippen LogP contribution in [0.5, 0.6) is 0 Å². The molecule has 0 aromatic heterocycles. The van der Waals surface area contributed by atoms with Gasteiger partial charge in [-0.15, -0.1) is 0 Å². The van der Waals surface area contributed by atoms with Gasteiger partial charge in [-0.05, 0) is 44.4 Å². The molecule has 18 heavy (non-hydrogen) atoms. The van der Waals surface area contributed by atoms with Gasteiger partial charge in [-0.25, -0.2) is 8.42 Å². The molecule has 0 aliphatic heterocycles. The first kappa shape index (κ1) is 16.0. The van der Waals surface area contributed by atoms with E-state index in [4.69, 9.17) is 0 Å². The van der Waals surface area contributed by atoms with Crippen LogP contribution in [0.25, 0.3) is 0 Å². The molecule has 1 aliphatic rings. The van der Waals surface area contributed by atoms with Crippen LogP contribution < -0.4 is 5.32 Å². The van der Waals surface area contributed by atoms with Crippen LogP contribution in [0.3, 0.4) is 0 Å². The summed E-state index contributed by atoms with van der Waals surface area (Å²) in [6.45, 7) is 11.0. The molecule has 0 radical (unpaired) electrons. The molecule has 1 saturated carbocycles. The van der Waals surface area contributed by atoms with E-state index in [2.05, 4.69) is 26.1 Å². The largest absolute Gasteiger partial charge is 0.314 e. The van der Waals surface area contributed by atoms with Crippen LogP contribution in [0.2, 0.25) is 0 Å². The van der Waals surface area contributed by atoms with Crippen LogP contribution >= 0.6 is 0 Å². The second-order valence-corrected chi connectivity index (χ2v) is 9.31. The van der Waals surface area contributed by atoms with Crippen LogP contribution in [-0.4, -0.2) is 32.0 Å². The van der Waals surface area contributed by atoms with E-state index < -0.39 is 9.84 Å². The third kappa shape index (κ3) is 4.54. The first-order chi connectivity index (χ1) is 8.17. The second kappa shape index (κ2) is 5.91. The van der Waals surface area contributed by atoms with Gasteiger partial charge in [0.15, 0.2) is 9.84 Å². The molecule has 1 N–H and O–H groups in total. The third-order valence-electron chi connectivity index (χ3n) is 4.15. The van der Waals surface area contributed by atoms with Gasteiger partial charge in [0.2, 0.25) is 0 Å². The molecule has 108 valence electrons. The summed E-state index contributed by atoms with van der Waals surface area (Å²) in [5, 5.41) is 3.23. The highest BCUT2D eigenvalue weighted by molar-refractivity contribution is 7.91. The van der Waals surface area contributed by atoms with Crippen LogP contribution in [0.1, 0.15) is 53.9 Å². The summed E-state index contributed by atoms with van der Waals surface area (Å²) >= 11 is 0. The number of rotatable bonds is 8. The van der Waals surface area contributed by atoms with E-state index in [-0.39, 0.29) is 10.7 Å². The Kier molecular flexibility index (Phi) is 5.24. The molecule has 1 rings (SSSR count).